The van der Waals surface area contributed by atoms with E-state index in [2.05, 4.69) is 42.6 Å². The number of fused-ring (bicyclic) bond motifs is 1. The average molecular weight is 374 g/mol. The first-order valence-electron chi connectivity index (χ1n) is 9.75. The SMILES string of the molecule is CCCOc1ccc2ccccc2c1/C=N\NC(=O)Cc1ccc(CC)cc1. The molecule has 1 N–H and O–H groups in total. The maximum Gasteiger partial charge on any atom is 0.244 e. The highest BCUT2D eigenvalue weighted by Gasteiger charge is 2.08. The van der Waals surface area contributed by atoms with Crippen LogP contribution in [-0.4, -0.2) is 18.7 Å². The standard InChI is InChI=1S/C24H26N2O2/c1-3-15-28-23-14-13-20-7-5-6-8-21(20)22(23)17-25-26-24(27)16-19-11-9-18(4-2)10-12-19/h5-14,17H,3-4,15-16H2,1-2H3,(H,26,27)/b25-17-. The molecule has 0 bridgehead atoms. The summed E-state index contributed by atoms with van der Waals surface area (Å²) in [4.78, 5) is 12.2. The van der Waals surface area contributed by atoms with E-state index in [-0.39, 0.29) is 5.91 Å². The molecule has 0 aliphatic heterocycles. The van der Waals surface area contributed by atoms with Crippen LogP contribution < -0.4 is 10.2 Å². The Morgan fingerprint density at radius 2 is 1.75 bits per heavy atom. The predicted octanol–water partition coefficient (Wildman–Crippen LogP) is 4.88. The second-order valence-corrected chi connectivity index (χ2v) is 6.69. The predicted molar refractivity (Wildman–Crippen MR) is 115 cm³/mol. The molecule has 0 spiro atoms. The van der Waals surface area contributed by atoms with E-state index in [4.69, 9.17) is 4.74 Å². The van der Waals surface area contributed by atoms with E-state index in [1.54, 1.807) is 6.21 Å². The summed E-state index contributed by atoms with van der Waals surface area (Å²) in [5.74, 6) is 0.630. The Labute approximate surface area is 166 Å². The van der Waals surface area contributed by atoms with E-state index >= 15 is 0 Å². The normalized spacial score (nSPS) is 11.1. The highest BCUT2D eigenvalue weighted by atomic mass is 16.5. The van der Waals surface area contributed by atoms with Gasteiger partial charge in [-0.15, -0.1) is 0 Å². The fraction of sp³-hybridized carbons (Fsp3) is 0.250. The zero-order valence-electron chi connectivity index (χ0n) is 16.4. The highest BCUT2D eigenvalue weighted by molar-refractivity contribution is 6.02. The molecule has 0 fully saturated rings. The number of ether oxygens (including phenoxy) is 1. The zero-order chi connectivity index (χ0) is 19.8. The number of benzene rings is 3. The van der Waals surface area contributed by atoms with Crippen molar-refractivity contribution >= 4 is 22.9 Å². The van der Waals surface area contributed by atoms with Crippen molar-refractivity contribution in [3.05, 3.63) is 77.4 Å². The number of hydrazone groups is 1. The summed E-state index contributed by atoms with van der Waals surface area (Å²) in [5.41, 5.74) is 5.74. The third-order valence-electron chi connectivity index (χ3n) is 4.57. The minimum absolute atomic E-state index is 0.142. The van der Waals surface area contributed by atoms with Gasteiger partial charge < -0.3 is 4.74 Å². The van der Waals surface area contributed by atoms with Gasteiger partial charge in [0.25, 0.3) is 0 Å². The van der Waals surface area contributed by atoms with Gasteiger partial charge in [-0.25, -0.2) is 5.43 Å². The first kappa shape index (κ1) is 19.6. The third-order valence-corrected chi connectivity index (χ3v) is 4.57. The quantitative estimate of drug-likeness (QED) is 0.451. The van der Waals surface area contributed by atoms with Crippen LogP contribution in [-0.2, 0) is 17.6 Å². The van der Waals surface area contributed by atoms with Crippen LogP contribution in [0.5, 0.6) is 5.75 Å². The number of nitrogens with zero attached hydrogens (tertiary/aromatic N) is 1. The maximum absolute atomic E-state index is 12.2. The van der Waals surface area contributed by atoms with Crippen LogP contribution in [0.15, 0.2) is 65.8 Å². The maximum atomic E-state index is 12.2. The minimum Gasteiger partial charge on any atom is -0.493 e. The van der Waals surface area contributed by atoms with Gasteiger partial charge in [0.2, 0.25) is 5.91 Å². The monoisotopic (exact) mass is 374 g/mol. The first-order chi connectivity index (χ1) is 13.7. The van der Waals surface area contributed by atoms with Gasteiger partial charge in [0, 0.05) is 5.56 Å². The number of carbonyl (C=O) groups excluding carboxylic acids is 1. The van der Waals surface area contributed by atoms with Crippen LogP contribution in [0.25, 0.3) is 10.8 Å². The lowest BCUT2D eigenvalue weighted by Crippen LogP contribution is -2.19. The molecule has 4 heteroatoms. The van der Waals surface area contributed by atoms with Gasteiger partial charge in [0.1, 0.15) is 5.75 Å². The lowest BCUT2D eigenvalue weighted by molar-refractivity contribution is -0.120. The second-order valence-electron chi connectivity index (χ2n) is 6.69. The summed E-state index contributed by atoms with van der Waals surface area (Å²) in [6.45, 7) is 4.82. The molecule has 0 aliphatic carbocycles. The van der Waals surface area contributed by atoms with Crippen LogP contribution in [0.4, 0.5) is 0 Å². The Morgan fingerprint density at radius 3 is 2.50 bits per heavy atom. The largest absolute Gasteiger partial charge is 0.493 e. The molecule has 0 radical (unpaired) electrons. The third kappa shape index (κ3) is 4.97. The summed E-state index contributed by atoms with van der Waals surface area (Å²) >= 11 is 0. The van der Waals surface area contributed by atoms with Crippen molar-refractivity contribution in [2.45, 2.75) is 33.1 Å². The lowest BCUT2D eigenvalue weighted by atomic mass is 10.0. The van der Waals surface area contributed by atoms with Crippen molar-refractivity contribution in [2.75, 3.05) is 6.61 Å². The fourth-order valence-corrected chi connectivity index (χ4v) is 3.03. The van der Waals surface area contributed by atoms with E-state index < -0.39 is 0 Å². The Morgan fingerprint density at radius 1 is 1.00 bits per heavy atom. The summed E-state index contributed by atoms with van der Waals surface area (Å²) in [5, 5.41) is 6.34. The summed E-state index contributed by atoms with van der Waals surface area (Å²) < 4.78 is 5.87. The average Bonchev–Trinajstić information content (AvgIpc) is 2.73. The molecule has 0 aliphatic rings. The second kappa shape index (κ2) is 9.70. The van der Waals surface area contributed by atoms with Gasteiger partial charge in [0.15, 0.2) is 0 Å². The Kier molecular flexibility index (Phi) is 6.79. The summed E-state index contributed by atoms with van der Waals surface area (Å²) in [7, 11) is 0. The van der Waals surface area contributed by atoms with E-state index in [9.17, 15) is 4.79 Å². The van der Waals surface area contributed by atoms with Crippen LogP contribution in [0.1, 0.15) is 37.0 Å². The van der Waals surface area contributed by atoms with Gasteiger partial charge in [0.05, 0.1) is 19.2 Å². The molecule has 4 nitrogen and oxygen atoms in total. The molecule has 0 saturated carbocycles. The van der Waals surface area contributed by atoms with Crippen LogP contribution >= 0.6 is 0 Å². The number of carbonyl (C=O) groups is 1. The number of aryl methyl sites for hydroxylation is 1. The van der Waals surface area contributed by atoms with Crippen molar-refractivity contribution < 1.29 is 9.53 Å². The molecule has 0 unspecified atom stereocenters. The van der Waals surface area contributed by atoms with Crippen molar-refractivity contribution in [2.24, 2.45) is 5.10 Å². The first-order valence-corrected chi connectivity index (χ1v) is 9.75. The molecular formula is C24H26N2O2. The van der Waals surface area contributed by atoms with Crippen molar-refractivity contribution in [3.8, 4) is 5.75 Å². The molecule has 0 heterocycles. The topological polar surface area (TPSA) is 50.7 Å². The minimum atomic E-state index is -0.142. The van der Waals surface area contributed by atoms with Gasteiger partial charge >= 0.3 is 0 Å². The van der Waals surface area contributed by atoms with E-state index in [0.29, 0.717) is 13.0 Å². The van der Waals surface area contributed by atoms with Crippen molar-refractivity contribution in [1.82, 2.24) is 5.43 Å². The van der Waals surface area contributed by atoms with Gasteiger partial charge in [-0.05, 0) is 40.8 Å². The molecule has 0 saturated heterocycles. The number of amides is 1. The smallest absolute Gasteiger partial charge is 0.244 e. The van der Waals surface area contributed by atoms with Gasteiger partial charge in [-0.1, -0.05) is 68.4 Å². The van der Waals surface area contributed by atoms with E-state index in [0.717, 1.165) is 40.5 Å². The van der Waals surface area contributed by atoms with Gasteiger partial charge in [-0.3, -0.25) is 4.79 Å². The molecule has 3 aromatic carbocycles. The molecule has 1 amide bonds. The molecule has 3 aromatic rings. The molecule has 144 valence electrons. The van der Waals surface area contributed by atoms with Gasteiger partial charge in [-0.2, -0.15) is 5.10 Å². The van der Waals surface area contributed by atoms with Crippen LogP contribution in [0.3, 0.4) is 0 Å². The molecule has 28 heavy (non-hydrogen) atoms. The van der Waals surface area contributed by atoms with E-state index in [1.807, 2.05) is 42.5 Å². The summed E-state index contributed by atoms with van der Waals surface area (Å²) in [6.07, 6.45) is 3.89. The van der Waals surface area contributed by atoms with Crippen LogP contribution in [0.2, 0.25) is 0 Å². The van der Waals surface area contributed by atoms with Crippen molar-refractivity contribution in [3.63, 3.8) is 0 Å². The molecule has 0 atom stereocenters. The number of hydrogen-bond acceptors (Lipinski definition) is 3. The zero-order valence-corrected chi connectivity index (χ0v) is 16.4. The molecular weight excluding hydrogens is 348 g/mol. The van der Waals surface area contributed by atoms with Crippen LogP contribution in [0, 0.1) is 0 Å². The summed E-state index contributed by atoms with van der Waals surface area (Å²) in [6, 6.07) is 20.2. The number of hydrogen-bond donors (Lipinski definition) is 1. The van der Waals surface area contributed by atoms with Crippen molar-refractivity contribution in [1.29, 1.82) is 0 Å². The molecule has 3 rings (SSSR count). The van der Waals surface area contributed by atoms with E-state index in [1.165, 1.54) is 5.56 Å². The Bertz CT molecular complexity index is 962. The Hall–Kier alpha value is -3.14. The number of rotatable bonds is 8. The number of nitrogens with one attached hydrogen (secondary N) is 1. The lowest BCUT2D eigenvalue weighted by Gasteiger charge is -2.11. The fourth-order valence-electron chi connectivity index (χ4n) is 3.03. The Balaban J connectivity index is 1.73. The molecule has 0 aromatic heterocycles. The highest BCUT2D eigenvalue weighted by Crippen LogP contribution is 2.26.